The van der Waals surface area contributed by atoms with Gasteiger partial charge in [-0.05, 0) is 30.4 Å². The van der Waals surface area contributed by atoms with Gasteiger partial charge in [-0.15, -0.1) is 0 Å². The van der Waals surface area contributed by atoms with Gasteiger partial charge in [-0.2, -0.15) is 0 Å². The van der Waals surface area contributed by atoms with Crippen molar-refractivity contribution in [2.45, 2.75) is 26.2 Å². The average molecular weight is 295 g/mol. The highest BCUT2D eigenvalue weighted by Gasteiger charge is 2.26. The quantitative estimate of drug-likeness (QED) is 0.770. The van der Waals surface area contributed by atoms with Gasteiger partial charge in [0.2, 0.25) is 0 Å². The fraction of sp³-hybridized carbons (Fsp3) is 0.562. The van der Waals surface area contributed by atoms with E-state index in [-0.39, 0.29) is 18.4 Å². The molecule has 0 saturated carbocycles. The van der Waals surface area contributed by atoms with E-state index in [9.17, 15) is 4.79 Å². The summed E-state index contributed by atoms with van der Waals surface area (Å²) < 4.78 is 10.8. The van der Waals surface area contributed by atoms with Crippen molar-refractivity contribution >= 4 is 5.97 Å². The first-order valence-electron chi connectivity index (χ1n) is 7.09. The molecule has 0 saturated heterocycles. The number of ether oxygens (including phenoxy) is 2. The Kier molecular flexibility index (Phi) is 6.49. The van der Waals surface area contributed by atoms with Gasteiger partial charge in [0.1, 0.15) is 11.5 Å². The van der Waals surface area contributed by atoms with Crippen LogP contribution in [0.1, 0.15) is 31.7 Å². The SMILES string of the molecule is COc1cccc(OC)c1C(C)C(C)CC(CN)C(=O)O. The van der Waals surface area contributed by atoms with E-state index in [1.807, 2.05) is 25.1 Å². The van der Waals surface area contributed by atoms with E-state index >= 15 is 0 Å². The number of hydrogen-bond donors (Lipinski definition) is 2. The standard InChI is InChI=1S/C16H25NO4/c1-10(8-12(9-17)16(18)19)11(2)15-13(20-3)6-5-7-14(15)21-4/h5-7,10-12H,8-9,17H2,1-4H3,(H,18,19). The molecule has 1 aromatic rings. The van der Waals surface area contributed by atoms with E-state index in [0.29, 0.717) is 6.42 Å². The van der Waals surface area contributed by atoms with Gasteiger partial charge >= 0.3 is 5.97 Å². The van der Waals surface area contributed by atoms with Crippen LogP contribution in [0.2, 0.25) is 0 Å². The maximum absolute atomic E-state index is 11.1. The fourth-order valence-corrected chi connectivity index (χ4v) is 2.56. The first-order valence-corrected chi connectivity index (χ1v) is 7.09. The number of nitrogens with two attached hydrogens (primary N) is 1. The Hall–Kier alpha value is -1.75. The van der Waals surface area contributed by atoms with Gasteiger partial charge in [0.15, 0.2) is 0 Å². The van der Waals surface area contributed by atoms with Crippen LogP contribution < -0.4 is 15.2 Å². The lowest BCUT2D eigenvalue weighted by molar-refractivity contribution is -0.142. The molecule has 0 aliphatic heterocycles. The molecule has 0 fully saturated rings. The predicted octanol–water partition coefficient (Wildman–Crippen LogP) is 2.49. The van der Waals surface area contributed by atoms with E-state index in [4.69, 9.17) is 20.3 Å². The number of methoxy groups -OCH3 is 2. The number of benzene rings is 1. The van der Waals surface area contributed by atoms with Crippen molar-refractivity contribution in [3.63, 3.8) is 0 Å². The smallest absolute Gasteiger partial charge is 0.307 e. The zero-order valence-electron chi connectivity index (χ0n) is 13.1. The molecule has 0 bridgehead atoms. The van der Waals surface area contributed by atoms with Gasteiger partial charge in [0.05, 0.1) is 20.1 Å². The zero-order chi connectivity index (χ0) is 16.0. The van der Waals surface area contributed by atoms with Crippen molar-refractivity contribution in [3.8, 4) is 11.5 Å². The Morgan fingerprint density at radius 3 is 2.14 bits per heavy atom. The summed E-state index contributed by atoms with van der Waals surface area (Å²) in [5, 5.41) is 9.15. The van der Waals surface area contributed by atoms with Crippen molar-refractivity contribution in [2.24, 2.45) is 17.6 Å². The molecule has 3 unspecified atom stereocenters. The summed E-state index contributed by atoms with van der Waals surface area (Å²) in [6.45, 7) is 4.23. The van der Waals surface area contributed by atoms with Gasteiger partial charge in [-0.25, -0.2) is 0 Å². The highest BCUT2D eigenvalue weighted by molar-refractivity contribution is 5.70. The minimum absolute atomic E-state index is 0.101. The fourth-order valence-electron chi connectivity index (χ4n) is 2.56. The topological polar surface area (TPSA) is 81.8 Å². The van der Waals surface area contributed by atoms with Crippen LogP contribution in [0.15, 0.2) is 18.2 Å². The number of carboxylic acids is 1. The second-order valence-corrected chi connectivity index (χ2v) is 5.35. The largest absolute Gasteiger partial charge is 0.496 e. The summed E-state index contributed by atoms with van der Waals surface area (Å²) >= 11 is 0. The number of aliphatic carboxylic acids is 1. The van der Waals surface area contributed by atoms with Gasteiger partial charge in [-0.1, -0.05) is 19.9 Å². The highest BCUT2D eigenvalue weighted by atomic mass is 16.5. The molecule has 0 aliphatic carbocycles. The summed E-state index contributed by atoms with van der Waals surface area (Å²) in [4.78, 5) is 11.1. The lowest BCUT2D eigenvalue weighted by atomic mass is 9.82. The maximum Gasteiger partial charge on any atom is 0.307 e. The van der Waals surface area contributed by atoms with Crippen LogP contribution in [0.25, 0.3) is 0 Å². The third kappa shape index (κ3) is 4.11. The summed E-state index contributed by atoms with van der Waals surface area (Å²) in [5.74, 6) is 0.387. The lowest BCUT2D eigenvalue weighted by Crippen LogP contribution is -2.26. The molecule has 5 nitrogen and oxygen atoms in total. The molecule has 3 N–H and O–H groups in total. The van der Waals surface area contributed by atoms with Crippen LogP contribution in [-0.2, 0) is 4.79 Å². The van der Waals surface area contributed by atoms with Gasteiger partial charge < -0.3 is 20.3 Å². The monoisotopic (exact) mass is 295 g/mol. The Labute approximate surface area is 126 Å². The van der Waals surface area contributed by atoms with Crippen LogP contribution in [0.3, 0.4) is 0 Å². The molecule has 5 heteroatoms. The second kappa shape index (κ2) is 7.88. The van der Waals surface area contributed by atoms with Crippen molar-refractivity contribution < 1.29 is 19.4 Å². The van der Waals surface area contributed by atoms with Crippen molar-refractivity contribution in [3.05, 3.63) is 23.8 Å². The molecule has 118 valence electrons. The minimum Gasteiger partial charge on any atom is -0.496 e. The maximum atomic E-state index is 11.1. The number of hydrogen-bond acceptors (Lipinski definition) is 4. The third-order valence-electron chi connectivity index (χ3n) is 4.06. The molecule has 1 aromatic carbocycles. The van der Waals surface area contributed by atoms with Gasteiger partial charge in [-0.3, -0.25) is 4.79 Å². The number of carboxylic acid groups (broad SMARTS) is 1. The summed E-state index contributed by atoms with van der Waals surface area (Å²) in [6.07, 6.45) is 0.522. The highest BCUT2D eigenvalue weighted by Crippen LogP contribution is 2.40. The molecular weight excluding hydrogens is 270 g/mol. The minimum atomic E-state index is -0.844. The molecule has 21 heavy (non-hydrogen) atoms. The average Bonchev–Trinajstić information content (AvgIpc) is 2.50. The zero-order valence-corrected chi connectivity index (χ0v) is 13.1. The lowest BCUT2D eigenvalue weighted by Gasteiger charge is -2.26. The van der Waals surface area contributed by atoms with E-state index in [1.165, 1.54) is 0 Å². The summed E-state index contributed by atoms with van der Waals surface area (Å²) in [7, 11) is 3.24. The Morgan fingerprint density at radius 2 is 1.76 bits per heavy atom. The van der Waals surface area contributed by atoms with Crippen molar-refractivity contribution in [1.29, 1.82) is 0 Å². The number of rotatable bonds is 8. The van der Waals surface area contributed by atoms with Gasteiger partial charge in [0, 0.05) is 12.1 Å². The predicted molar refractivity (Wildman–Crippen MR) is 81.9 cm³/mol. The Balaban J connectivity index is 3.01. The molecule has 0 amide bonds. The normalized spacial score (nSPS) is 15.1. The summed E-state index contributed by atoms with van der Waals surface area (Å²) in [6, 6.07) is 5.65. The van der Waals surface area contributed by atoms with Crippen LogP contribution in [0.5, 0.6) is 11.5 Å². The van der Waals surface area contributed by atoms with E-state index in [2.05, 4.69) is 6.92 Å². The van der Waals surface area contributed by atoms with Crippen molar-refractivity contribution in [1.82, 2.24) is 0 Å². The Bertz CT molecular complexity index is 453. The molecule has 0 spiro atoms. The van der Waals surface area contributed by atoms with E-state index in [0.717, 1.165) is 17.1 Å². The van der Waals surface area contributed by atoms with Gasteiger partial charge in [0.25, 0.3) is 0 Å². The molecule has 3 atom stereocenters. The molecule has 0 heterocycles. The number of carbonyl (C=O) groups is 1. The second-order valence-electron chi connectivity index (χ2n) is 5.35. The first-order chi connectivity index (χ1) is 9.96. The first kappa shape index (κ1) is 17.3. The molecular formula is C16H25NO4. The molecule has 0 aromatic heterocycles. The Morgan fingerprint density at radius 1 is 1.24 bits per heavy atom. The van der Waals surface area contributed by atoms with Crippen molar-refractivity contribution in [2.75, 3.05) is 20.8 Å². The van der Waals surface area contributed by atoms with Crippen LogP contribution in [0, 0.1) is 11.8 Å². The van der Waals surface area contributed by atoms with E-state index < -0.39 is 11.9 Å². The van der Waals surface area contributed by atoms with E-state index in [1.54, 1.807) is 14.2 Å². The summed E-state index contributed by atoms with van der Waals surface area (Å²) in [5.41, 5.74) is 6.51. The van der Waals surface area contributed by atoms with Crippen LogP contribution in [-0.4, -0.2) is 31.8 Å². The molecule has 0 aliphatic rings. The van der Waals surface area contributed by atoms with Crippen LogP contribution >= 0.6 is 0 Å². The molecule has 0 radical (unpaired) electrons. The van der Waals surface area contributed by atoms with Crippen LogP contribution in [0.4, 0.5) is 0 Å². The molecule has 1 rings (SSSR count). The third-order valence-corrected chi connectivity index (χ3v) is 4.06.